The molecular weight excluding hydrogens is 310 g/mol. The van der Waals surface area contributed by atoms with Gasteiger partial charge < -0.3 is 10.0 Å². The lowest BCUT2D eigenvalue weighted by atomic mass is 9.98. The summed E-state index contributed by atoms with van der Waals surface area (Å²) in [4.78, 5) is 41.6. The Hall–Kier alpha value is -2.70. The van der Waals surface area contributed by atoms with Gasteiger partial charge >= 0.3 is 5.97 Å². The number of piperidine rings is 1. The van der Waals surface area contributed by atoms with Crippen molar-refractivity contribution >= 4 is 22.8 Å². The number of rotatable bonds is 4. The highest BCUT2D eigenvalue weighted by molar-refractivity contribution is 5.78. The number of aromatic nitrogens is 2. The maximum Gasteiger partial charge on any atom is 0.308 e. The van der Waals surface area contributed by atoms with Crippen molar-refractivity contribution in [3.05, 3.63) is 40.9 Å². The average Bonchev–Trinajstić information content (AvgIpc) is 2.61. The molecular formula is C17H19N3O4. The summed E-state index contributed by atoms with van der Waals surface area (Å²) in [6.45, 7) is 1.07. The van der Waals surface area contributed by atoms with E-state index in [1.807, 2.05) is 6.07 Å². The first-order valence-electron chi connectivity index (χ1n) is 8.01. The van der Waals surface area contributed by atoms with E-state index in [4.69, 9.17) is 5.11 Å². The summed E-state index contributed by atoms with van der Waals surface area (Å²) in [5, 5.41) is 9.62. The van der Waals surface area contributed by atoms with E-state index in [2.05, 4.69) is 4.98 Å². The number of para-hydroxylation sites is 1. The minimum atomic E-state index is -0.859. The molecule has 1 atom stereocenters. The van der Waals surface area contributed by atoms with Crippen molar-refractivity contribution in [3.8, 4) is 0 Å². The van der Waals surface area contributed by atoms with Gasteiger partial charge in [-0.1, -0.05) is 12.1 Å². The number of amides is 1. The number of nitrogens with zero attached hydrogens (tertiary/aromatic N) is 3. The number of aryl methyl sites for hydroxylation is 1. The molecule has 7 heteroatoms. The van der Waals surface area contributed by atoms with Crippen molar-refractivity contribution < 1.29 is 14.7 Å². The van der Waals surface area contributed by atoms with E-state index >= 15 is 0 Å². The number of carboxylic acid groups (broad SMARTS) is 1. The molecule has 0 spiro atoms. The lowest BCUT2D eigenvalue weighted by molar-refractivity contribution is -0.145. The molecule has 1 unspecified atom stereocenters. The fraction of sp³-hybridized carbons (Fsp3) is 0.412. The van der Waals surface area contributed by atoms with Crippen LogP contribution in [0.1, 0.15) is 19.3 Å². The first-order chi connectivity index (χ1) is 11.6. The van der Waals surface area contributed by atoms with E-state index in [-0.39, 0.29) is 31.0 Å². The van der Waals surface area contributed by atoms with Crippen LogP contribution >= 0.6 is 0 Å². The van der Waals surface area contributed by atoms with E-state index in [1.165, 1.54) is 10.9 Å². The molecule has 1 N–H and O–H groups in total. The standard InChI is InChI=1S/C17H19N3O4/c21-15(19-8-3-4-12(10-19)17(23)24)7-9-20-11-18-14-6-2-1-5-13(14)16(20)22/h1-2,5-6,11-12H,3-4,7-10H2,(H,23,24). The fourth-order valence-corrected chi connectivity index (χ4v) is 3.04. The van der Waals surface area contributed by atoms with E-state index < -0.39 is 11.9 Å². The molecule has 1 aliphatic rings. The molecule has 1 amide bonds. The van der Waals surface area contributed by atoms with Gasteiger partial charge in [-0.15, -0.1) is 0 Å². The molecule has 0 aliphatic carbocycles. The van der Waals surface area contributed by atoms with Crippen LogP contribution in [0, 0.1) is 5.92 Å². The van der Waals surface area contributed by atoms with Crippen LogP contribution in [-0.4, -0.2) is 44.5 Å². The highest BCUT2D eigenvalue weighted by Crippen LogP contribution is 2.17. The maximum absolute atomic E-state index is 12.4. The van der Waals surface area contributed by atoms with Crippen molar-refractivity contribution in [1.82, 2.24) is 14.5 Å². The number of carbonyl (C=O) groups excluding carboxylic acids is 1. The largest absolute Gasteiger partial charge is 0.481 e. The zero-order valence-corrected chi connectivity index (χ0v) is 13.2. The average molecular weight is 329 g/mol. The van der Waals surface area contributed by atoms with Crippen molar-refractivity contribution in [2.45, 2.75) is 25.8 Å². The maximum atomic E-state index is 12.4. The van der Waals surface area contributed by atoms with E-state index in [0.29, 0.717) is 30.3 Å². The second-order valence-electron chi connectivity index (χ2n) is 6.03. The van der Waals surface area contributed by atoms with Crippen LogP contribution in [0.2, 0.25) is 0 Å². The molecule has 1 fully saturated rings. The molecule has 3 rings (SSSR count). The minimum Gasteiger partial charge on any atom is -0.481 e. The fourth-order valence-electron chi connectivity index (χ4n) is 3.04. The highest BCUT2D eigenvalue weighted by Gasteiger charge is 2.27. The summed E-state index contributed by atoms with van der Waals surface area (Å²) in [7, 11) is 0. The molecule has 126 valence electrons. The second-order valence-corrected chi connectivity index (χ2v) is 6.03. The van der Waals surface area contributed by atoms with Gasteiger partial charge in [0.1, 0.15) is 0 Å². The van der Waals surface area contributed by atoms with Gasteiger partial charge in [0.25, 0.3) is 5.56 Å². The Morgan fingerprint density at radius 3 is 2.88 bits per heavy atom. The third-order valence-electron chi connectivity index (χ3n) is 4.42. The number of carboxylic acids is 1. The number of likely N-dealkylation sites (tertiary alicyclic amines) is 1. The summed E-state index contributed by atoms with van der Waals surface area (Å²) in [5.74, 6) is -1.48. The van der Waals surface area contributed by atoms with E-state index in [1.54, 1.807) is 23.1 Å². The molecule has 0 bridgehead atoms. The number of carbonyl (C=O) groups is 2. The highest BCUT2D eigenvalue weighted by atomic mass is 16.4. The summed E-state index contributed by atoms with van der Waals surface area (Å²) < 4.78 is 1.43. The number of hydrogen-bond acceptors (Lipinski definition) is 4. The number of benzene rings is 1. The molecule has 1 aromatic heterocycles. The Balaban J connectivity index is 1.67. The molecule has 2 aromatic rings. The van der Waals surface area contributed by atoms with Crippen LogP contribution in [0.5, 0.6) is 0 Å². The summed E-state index contributed by atoms with van der Waals surface area (Å²) in [6.07, 6.45) is 2.91. The Morgan fingerprint density at radius 1 is 1.29 bits per heavy atom. The quantitative estimate of drug-likeness (QED) is 0.907. The van der Waals surface area contributed by atoms with Crippen LogP contribution in [0.25, 0.3) is 10.9 Å². The SMILES string of the molecule is O=C(O)C1CCCN(C(=O)CCn2cnc3ccccc3c2=O)C1. The molecule has 24 heavy (non-hydrogen) atoms. The Morgan fingerprint density at radius 2 is 2.08 bits per heavy atom. The minimum absolute atomic E-state index is 0.124. The van der Waals surface area contributed by atoms with E-state index in [9.17, 15) is 14.4 Å². The predicted molar refractivity (Wildman–Crippen MR) is 87.6 cm³/mol. The smallest absolute Gasteiger partial charge is 0.308 e. The normalized spacial score (nSPS) is 17.8. The second kappa shape index (κ2) is 6.82. The monoisotopic (exact) mass is 329 g/mol. The van der Waals surface area contributed by atoms with Crippen LogP contribution in [0.4, 0.5) is 0 Å². The van der Waals surface area contributed by atoms with Crippen LogP contribution in [0.3, 0.4) is 0 Å². The molecule has 1 aromatic carbocycles. The predicted octanol–water partition coefficient (Wildman–Crippen LogP) is 1.11. The van der Waals surface area contributed by atoms with Crippen molar-refractivity contribution in [1.29, 1.82) is 0 Å². The van der Waals surface area contributed by atoms with Crippen molar-refractivity contribution in [3.63, 3.8) is 0 Å². The Bertz CT molecular complexity index is 830. The van der Waals surface area contributed by atoms with Crippen LogP contribution in [0.15, 0.2) is 35.4 Å². The molecule has 2 heterocycles. The lowest BCUT2D eigenvalue weighted by Gasteiger charge is -2.30. The van der Waals surface area contributed by atoms with E-state index in [0.717, 1.165) is 0 Å². The lowest BCUT2D eigenvalue weighted by Crippen LogP contribution is -2.42. The van der Waals surface area contributed by atoms with Crippen LogP contribution in [-0.2, 0) is 16.1 Å². The van der Waals surface area contributed by atoms with Gasteiger partial charge in [-0.2, -0.15) is 0 Å². The third kappa shape index (κ3) is 3.29. The van der Waals surface area contributed by atoms with Gasteiger partial charge in [0.15, 0.2) is 0 Å². The van der Waals surface area contributed by atoms with Gasteiger partial charge in [-0.05, 0) is 25.0 Å². The zero-order valence-electron chi connectivity index (χ0n) is 13.2. The summed E-state index contributed by atoms with van der Waals surface area (Å²) >= 11 is 0. The topological polar surface area (TPSA) is 92.5 Å². The summed E-state index contributed by atoms with van der Waals surface area (Å²) in [6, 6.07) is 7.08. The molecule has 7 nitrogen and oxygen atoms in total. The van der Waals surface area contributed by atoms with Gasteiger partial charge in [0.05, 0.1) is 23.1 Å². The Kier molecular flexibility index (Phi) is 4.59. The van der Waals surface area contributed by atoms with Crippen molar-refractivity contribution in [2.75, 3.05) is 13.1 Å². The number of aliphatic carboxylic acids is 1. The summed E-state index contributed by atoms with van der Waals surface area (Å²) in [5.41, 5.74) is 0.459. The number of fused-ring (bicyclic) bond motifs is 1. The molecule has 0 saturated carbocycles. The number of hydrogen-bond donors (Lipinski definition) is 1. The van der Waals surface area contributed by atoms with Gasteiger partial charge in [0, 0.05) is 26.1 Å². The van der Waals surface area contributed by atoms with Crippen molar-refractivity contribution in [2.24, 2.45) is 5.92 Å². The van der Waals surface area contributed by atoms with Gasteiger partial charge in [0.2, 0.25) is 5.91 Å². The first kappa shape index (κ1) is 16.2. The van der Waals surface area contributed by atoms with Gasteiger partial charge in [-0.25, -0.2) is 4.98 Å². The molecule has 0 radical (unpaired) electrons. The Labute approximate surface area is 138 Å². The molecule has 1 aliphatic heterocycles. The van der Waals surface area contributed by atoms with Gasteiger partial charge in [-0.3, -0.25) is 19.0 Å². The van der Waals surface area contributed by atoms with Crippen LogP contribution < -0.4 is 5.56 Å². The first-order valence-corrected chi connectivity index (χ1v) is 8.01. The zero-order chi connectivity index (χ0) is 17.1. The molecule has 1 saturated heterocycles. The third-order valence-corrected chi connectivity index (χ3v) is 4.42.